The summed E-state index contributed by atoms with van der Waals surface area (Å²) < 4.78 is 31.9. The molecule has 0 atom stereocenters. The quantitative estimate of drug-likeness (QED) is 0.585. The van der Waals surface area contributed by atoms with Gasteiger partial charge in [0.15, 0.2) is 0 Å². The molecule has 0 saturated carbocycles. The van der Waals surface area contributed by atoms with Gasteiger partial charge in [0.2, 0.25) is 10.0 Å². The molecule has 0 heterocycles. The van der Waals surface area contributed by atoms with Gasteiger partial charge in [-0.3, -0.25) is 0 Å². The minimum absolute atomic E-state index is 0.248. The van der Waals surface area contributed by atoms with Crippen molar-refractivity contribution < 1.29 is 13.2 Å². The van der Waals surface area contributed by atoms with Gasteiger partial charge in [0, 0.05) is 19.3 Å². The van der Waals surface area contributed by atoms with Gasteiger partial charge in [-0.25, -0.2) is 13.1 Å². The fraction of sp³-hybridized carbons (Fsp3) is 0.538. The molecule has 0 aromatic heterocycles. The van der Waals surface area contributed by atoms with E-state index in [1.54, 1.807) is 6.07 Å². The van der Waals surface area contributed by atoms with Crippen LogP contribution in [-0.2, 0) is 27.6 Å². The number of hydrogen-bond acceptors (Lipinski definition) is 4. The van der Waals surface area contributed by atoms with Crippen molar-refractivity contribution in [1.29, 1.82) is 0 Å². The maximum Gasteiger partial charge on any atom is 0.241 e. The lowest BCUT2D eigenvalue weighted by Crippen LogP contribution is -2.28. The fourth-order valence-corrected chi connectivity index (χ4v) is 3.31. The predicted molar refractivity (Wildman–Crippen MR) is 76.7 cm³/mol. The third kappa shape index (κ3) is 3.92. The molecule has 1 aromatic rings. The Morgan fingerprint density at radius 3 is 2.47 bits per heavy atom. The monoisotopic (exact) mass is 286 g/mol. The number of nitrogens with two attached hydrogens (primary N) is 1. The molecule has 3 N–H and O–H groups in total. The van der Waals surface area contributed by atoms with E-state index in [4.69, 9.17) is 10.5 Å². The normalized spacial score (nSPS) is 11.7. The van der Waals surface area contributed by atoms with Crippen LogP contribution in [0.25, 0.3) is 0 Å². The molecule has 0 amide bonds. The number of aryl methyl sites for hydroxylation is 1. The summed E-state index contributed by atoms with van der Waals surface area (Å²) in [6, 6.07) is 3.54. The molecule has 6 heteroatoms. The summed E-state index contributed by atoms with van der Waals surface area (Å²) in [6.07, 6.45) is 1.32. The lowest BCUT2D eigenvalue weighted by atomic mass is 10.1. The lowest BCUT2D eigenvalue weighted by Gasteiger charge is -2.14. The molecule has 1 aromatic carbocycles. The summed E-state index contributed by atoms with van der Waals surface area (Å²) in [5.41, 5.74) is 8.07. The van der Waals surface area contributed by atoms with Gasteiger partial charge >= 0.3 is 0 Å². The predicted octanol–water partition coefficient (Wildman–Crippen LogP) is 1.32. The molecule has 1 rings (SSSR count). The van der Waals surface area contributed by atoms with Gasteiger partial charge in [-0.15, -0.1) is 0 Å². The van der Waals surface area contributed by atoms with Crippen molar-refractivity contribution >= 4 is 15.7 Å². The zero-order chi connectivity index (χ0) is 14.5. The van der Waals surface area contributed by atoms with Gasteiger partial charge in [0.25, 0.3) is 0 Å². The molecule has 0 aliphatic rings. The van der Waals surface area contributed by atoms with E-state index in [2.05, 4.69) is 4.72 Å². The third-order valence-electron chi connectivity index (χ3n) is 2.95. The molecule has 108 valence electrons. The maximum absolute atomic E-state index is 12.3. The largest absolute Gasteiger partial charge is 0.398 e. The van der Waals surface area contributed by atoms with Crippen LogP contribution in [0.4, 0.5) is 5.69 Å². The Labute approximate surface area is 115 Å². The summed E-state index contributed by atoms with van der Waals surface area (Å²) in [4.78, 5) is 0.281. The van der Waals surface area contributed by atoms with E-state index in [1.165, 1.54) is 7.11 Å². The Kier molecular flexibility index (Phi) is 5.78. The van der Waals surface area contributed by atoms with Crippen LogP contribution in [0.15, 0.2) is 17.0 Å². The Morgan fingerprint density at radius 1 is 1.26 bits per heavy atom. The number of benzene rings is 1. The van der Waals surface area contributed by atoms with Gasteiger partial charge < -0.3 is 10.5 Å². The lowest BCUT2D eigenvalue weighted by molar-refractivity contribution is 0.204. The van der Waals surface area contributed by atoms with E-state index < -0.39 is 10.0 Å². The minimum atomic E-state index is -3.54. The molecule has 0 unspecified atom stereocenters. The highest BCUT2D eigenvalue weighted by Crippen LogP contribution is 2.25. The molecule has 0 radical (unpaired) electrons. The van der Waals surface area contributed by atoms with Crippen LogP contribution in [-0.4, -0.2) is 28.7 Å². The molecule has 0 spiro atoms. The summed E-state index contributed by atoms with van der Waals surface area (Å²) in [5, 5.41) is 0. The van der Waals surface area contributed by atoms with E-state index in [1.807, 2.05) is 19.9 Å². The van der Waals surface area contributed by atoms with Crippen LogP contribution < -0.4 is 10.5 Å². The summed E-state index contributed by atoms with van der Waals surface area (Å²) in [6.45, 7) is 4.45. The summed E-state index contributed by atoms with van der Waals surface area (Å²) in [7, 11) is -2.01. The van der Waals surface area contributed by atoms with Crippen molar-refractivity contribution in [3.05, 3.63) is 23.3 Å². The van der Waals surface area contributed by atoms with Gasteiger partial charge in [-0.2, -0.15) is 0 Å². The molecule has 0 aliphatic heterocycles. The number of hydrogen-bond donors (Lipinski definition) is 2. The molecule has 0 bridgehead atoms. The van der Waals surface area contributed by atoms with Crippen LogP contribution in [0.2, 0.25) is 0 Å². The van der Waals surface area contributed by atoms with Crippen LogP contribution in [0.1, 0.15) is 25.0 Å². The molecule has 0 fully saturated rings. The first-order valence-electron chi connectivity index (χ1n) is 6.36. The van der Waals surface area contributed by atoms with Gasteiger partial charge in [0.05, 0.1) is 11.5 Å². The molecule has 0 aliphatic carbocycles. The first-order valence-corrected chi connectivity index (χ1v) is 7.84. The van der Waals surface area contributed by atoms with Crippen molar-refractivity contribution in [2.75, 3.05) is 26.0 Å². The number of sulfonamides is 1. The highest BCUT2D eigenvalue weighted by atomic mass is 32.2. The van der Waals surface area contributed by atoms with Crippen LogP contribution in [0.5, 0.6) is 0 Å². The topological polar surface area (TPSA) is 81.4 Å². The molecular weight excluding hydrogens is 264 g/mol. The third-order valence-corrected chi connectivity index (χ3v) is 4.48. The summed E-state index contributed by atoms with van der Waals surface area (Å²) in [5.74, 6) is 0. The van der Waals surface area contributed by atoms with E-state index in [0.29, 0.717) is 24.3 Å². The van der Waals surface area contributed by atoms with Crippen molar-refractivity contribution in [3.63, 3.8) is 0 Å². The number of methoxy groups -OCH3 is 1. The first kappa shape index (κ1) is 15.9. The van der Waals surface area contributed by atoms with Crippen LogP contribution in [0.3, 0.4) is 0 Å². The second-order valence-electron chi connectivity index (χ2n) is 4.26. The van der Waals surface area contributed by atoms with Crippen molar-refractivity contribution in [2.45, 2.75) is 31.6 Å². The minimum Gasteiger partial charge on any atom is -0.398 e. The highest BCUT2D eigenvalue weighted by Gasteiger charge is 2.19. The van der Waals surface area contributed by atoms with Crippen molar-refractivity contribution in [2.24, 2.45) is 0 Å². The SMILES string of the molecule is CCc1cc(N)c(CC)c(S(=O)(=O)NCCOC)c1. The number of nitrogens with one attached hydrogen (secondary N) is 1. The molecular formula is C13H22N2O3S. The second-order valence-corrected chi connectivity index (χ2v) is 5.99. The van der Waals surface area contributed by atoms with Crippen LogP contribution >= 0.6 is 0 Å². The Balaban J connectivity index is 3.19. The number of anilines is 1. The van der Waals surface area contributed by atoms with Crippen molar-refractivity contribution in [1.82, 2.24) is 4.72 Å². The number of nitrogen functional groups attached to an aromatic ring is 1. The van der Waals surface area contributed by atoms with Crippen molar-refractivity contribution in [3.8, 4) is 0 Å². The smallest absolute Gasteiger partial charge is 0.241 e. The van der Waals surface area contributed by atoms with E-state index in [-0.39, 0.29) is 11.4 Å². The second kappa shape index (κ2) is 6.88. The Hall–Kier alpha value is -1.11. The molecule has 0 saturated heterocycles. The zero-order valence-electron chi connectivity index (χ0n) is 11.7. The maximum atomic E-state index is 12.3. The van der Waals surface area contributed by atoms with E-state index in [9.17, 15) is 8.42 Å². The standard InChI is InChI=1S/C13H22N2O3S/c1-4-10-8-12(14)11(5-2)13(9-10)19(16,17)15-6-7-18-3/h8-9,15H,4-7,14H2,1-3H3. The zero-order valence-corrected chi connectivity index (χ0v) is 12.5. The number of rotatable bonds is 7. The fourth-order valence-electron chi connectivity index (χ4n) is 1.90. The average molecular weight is 286 g/mol. The average Bonchev–Trinajstić information content (AvgIpc) is 2.37. The van der Waals surface area contributed by atoms with Crippen LogP contribution in [0, 0.1) is 0 Å². The first-order chi connectivity index (χ1) is 8.96. The van der Waals surface area contributed by atoms with E-state index in [0.717, 1.165) is 12.0 Å². The van der Waals surface area contributed by atoms with Gasteiger partial charge in [-0.1, -0.05) is 13.8 Å². The molecule has 19 heavy (non-hydrogen) atoms. The molecule has 5 nitrogen and oxygen atoms in total. The number of ether oxygens (including phenoxy) is 1. The van der Waals surface area contributed by atoms with E-state index >= 15 is 0 Å². The highest BCUT2D eigenvalue weighted by molar-refractivity contribution is 7.89. The van der Waals surface area contributed by atoms with Gasteiger partial charge in [-0.05, 0) is 36.1 Å². The Bertz CT molecular complexity index is 527. The summed E-state index contributed by atoms with van der Waals surface area (Å²) >= 11 is 0. The van der Waals surface area contributed by atoms with Gasteiger partial charge in [0.1, 0.15) is 0 Å². The Morgan fingerprint density at radius 2 is 1.95 bits per heavy atom.